The first-order valence-electron chi connectivity index (χ1n) is 5.04. The van der Waals surface area contributed by atoms with Gasteiger partial charge in [0.05, 0.1) is 13.2 Å². The Balaban J connectivity index is -0.000000166. The molecule has 0 amide bonds. The summed E-state index contributed by atoms with van der Waals surface area (Å²) < 4.78 is 4.41. The van der Waals surface area contributed by atoms with E-state index in [1.807, 2.05) is 19.9 Å². The van der Waals surface area contributed by atoms with Crippen LogP contribution < -0.4 is 5.73 Å². The van der Waals surface area contributed by atoms with Crippen LogP contribution in [-0.2, 0) is 14.3 Å². The predicted molar refractivity (Wildman–Crippen MR) is 64.0 cm³/mol. The summed E-state index contributed by atoms with van der Waals surface area (Å²) in [5.74, 6) is -0.518. The van der Waals surface area contributed by atoms with Crippen LogP contribution in [0.25, 0.3) is 0 Å². The third-order valence-electron chi connectivity index (χ3n) is 0.961. The third-order valence-corrected chi connectivity index (χ3v) is 0.961. The highest BCUT2D eigenvalue weighted by molar-refractivity contribution is 5.68. The standard InChI is InChI=1S/C5H10O2.C4H8.C2H5NO2/c1-5(2)3-7-4-6;1-3-4-2;3-1-2(4)5/h4-5H,3H2,1-2H3;3H,1,4H2,2H3;1,3H2,(H,4,5). The van der Waals surface area contributed by atoms with Gasteiger partial charge in [-0.15, -0.1) is 6.58 Å². The molecule has 0 fully saturated rings. The maximum Gasteiger partial charge on any atom is 0.317 e. The molecule has 0 bridgehead atoms. The van der Waals surface area contributed by atoms with Crippen LogP contribution in [0.2, 0.25) is 0 Å². The second kappa shape index (κ2) is 19.2. The van der Waals surface area contributed by atoms with E-state index in [2.05, 4.69) is 24.0 Å². The average Bonchev–Trinajstić information content (AvgIpc) is 2.27. The number of carboxylic acid groups (broad SMARTS) is 1. The molecule has 0 aromatic heterocycles. The summed E-state index contributed by atoms with van der Waals surface area (Å²) in [6.07, 6.45) is 2.96. The highest BCUT2D eigenvalue weighted by Crippen LogP contribution is 1.88. The Hall–Kier alpha value is -1.36. The first-order chi connectivity index (χ1) is 7.45. The predicted octanol–water partition coefficient (Wildman–Crippen LogP) is 1.43. The van der Waals surface area contributed by atoms with Crippen molar-refractivity contribution in [3.05, 3.63) is 12.7 Å². The fourth-order valence-electron chi connectivity index (χ4n) is 0.232. The summed E-state index contributed by atoms with van der Waals surface area (Å²) in [5.41, 5.74) is 4.57. The number of ether oxygens (including phenoxy) is 1. The van der Waals surface area contributed by atoms with E-state index in [-0.39, 0.29) is 6.54 Å². The van der Waals surface area contributed by atoms with Crippen LogP contribution in [0, 0.1) is 5.92 Å². The minimum Gasteiger partial charge on any atom is -0.480 e. The summed E-state index contributed by atoms with van der Waals surface area (Å²) >= 11 is 0. The van der Waals surface area contributed by atoms with Crippen LogP contribution in [0.1, 0.15) is 27.2 Å². The zero-order valence-electron chi connectivity index (χ0n) is 10.3. The number of carbonyl (C=O) groups excluding carboxylic acids is 1. The van der Waals surface area contributed by atoms with E-state index in [0.29, 0.717) is 19.0 Å². The Morgan fingerprint density at radius 2 is 1.94 bits per heavy atom. The van der Waals surface area contributed by atoms with Gasteiger partial charge < -0.3 is 15.6 Å². The van der Waals surface area contributed by atoms with Crippen molar-refractivity contribution in [3.63, 3.8) is 0 Å². The van der Waals surface area contributed by atoms with Gasteiger partial charge in [-0.1, -0.05) is 26.8 Å². The maximum absolute atomic E-state index is 9.49. The highest BCUT2D eigenvalue weighted by atomic mass is 16.5. The van der Waals surface area contributed by atoms with E-state index >= 15 is 0 Å². The molecule has 16 heavy (non-hydrogen) atoms. The number of aliphatic carboxylic acids is 1. The summed E-state index contributed by atoms with van der Waals surface area (Å²) in [4.78, 5) is 18.7. The van der Waals surface area contributed by atoms with Gasteiger partial charge in [0, 0.05) is 0 Å². The molecule has 0 aliphatic rings. The topological polar surface area (TPSA) is 89.6 Å². The first kappa shape index (κ1) is 20.1. The second-order valence-electron chi connectivity index (χ2n) is 3.12. The fourth-order valence-corrected chi connectivity index (χ4v) is 0.232. The van der Waals surface area contributed by atoms with Gasteiger partial charge in [0.2, 0.25) is 0 Å². The van der Waals surface area contributed by atoms with Crippen LogP contribution in [0.3, 0.4) is 0 Å². The van der Waals surface area contributed by atoms with E-state index in [4.69, 9.17) is 5.11 Å². The molecule has 0 aliphatic carbocycles. The molecule has 0 aromatic carbocycles. The largest absolute Gasteiger partial charge is 0.480 e. The van der Waals surface area contributed by atoms with Gasteiger partial charge in [-0.2, -0.15) is 0 Å². The Morgan fingerprint density at radius 1 is 1.56 bits per heavy atom. The number of nitrogens with two attached hydrogens (primary N) is 1. The van der Waals surface area contributed by atoms with Crippen molar-refractivity contribution in [2.75, 3.05) is 13.2 Å². The Kier molecular flexibility index (Phi) is 24.2. The molecule has 0 saturated carbocycles. The van der Waals surface area contributed by atoms with Crippen molar-refractivity contribution in [1.29, 1.82) is 0 Å². The highest BCUT2D eigenvalue weighted by Gasteiger charge is 1.88. The molecule has 0 unspecified atom stereocenters. The molecule has 5 heteroatoms. The first-order valence-corrected chi connectivity index (χ1v) is 5.04. The van der Waals surface area contributed by atoms with Crippen molar-refractivity contribution in [2.24, 2.45) is 11.7 Å². The van der Waals surface area contributed by atoms with Gasteiger partial charge in [0.15, 0.2) is 0 Å². The molecule has 0 atom stereocenters. The SMILES string of the molecule is C=CCC.CC(C)COC=O.NCC(=O)O. The minimum atomic E-state index is -0.968. The van der Waals surface area contributed by atoms with Crippen molar-refractivity contribution in [3.8, 4) is 0 Å². The fraction of sp³-hybridized carbons (Fsp3) is 0.636. The van der Waals surface area contributed by atoms with Crippen LogP contribution in [0.5, 0.6) is 0 Å². The second-order valence-corrected chi connectivity index (χ2v) is 3.12. The number of hydrogen-bond acceptors (Lipinski definition) is 4. The van der Waals surface area contributed by atoms with Crippen LogP contribution in [0.15, 0.2) is 12.7 Å². The Bertz CT molecular complexity index is 169. The van der Waals surface area contributed by atoms with Crippen molar-refractivity contribution >= 4 is 12.4 Å². The average molecular weight is 233 g/mol. The molecule has 5 nitrogen and oxygen atoms in total. The van der Waals surface area contributed by atoms with E-state index in [1.54, 1.807) is 0 Å². The number of rotatable bonds is 5. The zero-order valence-corrected chi connectivity index (χ0v) is 10.3. The minimum absolute atomic E-state index is 0.278. The number of carbonyl (C=O) groups is 2. The number of carboxylic acids is 1. The number of allylic oxidation sites excluding steroid dienone is 1. The molecular formula is C11H23NO4. The van der Waals surface area contributed by atoms with E-state index in [0.717, 1.165) is 6.42 Å². The van der Waals surface area contributed by atoms with Gasteiger partial charge in [0.25, 0.3) is 6.47 Å². The van der Waals surface area contributed by atoms with Crippen molar-refractivity contribution < 1.29 is 19.4 Å². The smallest absolute Gasteiger partial charge is 0.317 e. The van der Waals surface area contributed by atoms with E-state index < -0.39 is 5.97 Å². The zero-order chi connectivity index (χ0) is 13.4. The van der Waals surface area contributed by atoms with E-state index in [9.17, 15) is 9.59 Å². The molecule has 0 saturated heterocycles. The van der Waals surface area contributed by atoms with Gasteiger partial charge >= 0.3 is 5.97 Å². The van der Waals surface area contributed by atoms with Crippen LogP contribution in [-0.4, -0.2) is 30.7 Å². The lowest BCUT2D eigenvalue weighted by Crippen LogP contribution is -2.10. The molecule has 0 heterocycles. The van der Waals surface area contributed by atoms with Crippen LogP contribution in [0.4, 0.5) is 0 Å². The molecular weight excluding hydrogens is 210 g/mol. The molecule has 0 aromatic rings. The molecule has 3 N–H and O–H groups in total. The molecule has 0 aliphatic heterocycles. The van der Waals surface area contributed by atoms with Crippen molar-refractivity contribution in [1.82, 2.24) is 0 Å². The normalized spacial score (nSPS) is 7.81. The Morgan fingerprint density at radius 3 is 2.00 bits per heavy atom. The summed E-state index contributed by atoms with van der Waals surface area (Å²) in [6, 6.07) is 0. The van der Waals surface area contributed by atoms with Gasteiger partial charge in [-0.05, 0) is 12.3 Å². The monoisotopic (exact) mass is 233 g/mol. The summed E-state index contributed by atoms with van der Waals surface area (Å²) in [5, 5.41) is 7.60. The van der Waals surface area contributed by atoms with Crippen LogP contribution >= 0.6 is 0 Å². The third kappa shape index (κ3) is 53.8. The molecule has 0 spiro atoms. The van der Waals surface area contributed by atoms with Gasteiger partial charge in [-0.25, -0.2) is 0 Å². The molecule has 0 radical (unpaired) electrons. The lowest BCUT2D eigenvalue weighted by molar-refractivity contribution is -0.135. The number of hydrogen-bond donors (Lipinski definition) is 2. The van der Waals surface area contributed by atoms with Gasteiger partial charge in [-0.3, -0.25) is 9.59 Å². The lowest BCUT2D eigenvalue weighted by atomic mass is 10.2. The van der Waals surface area contributed by atoms with Gasteiger partial charge in [0.1, 0.15) is 0 Å². The lowest BCUT2D eigenvalue weighted by Gasteiger charge is -1.98. The molecule has 96 valence electrons. The van der Waals surface area contributed by atoms with Crippen molar-refractivity contribution in [2.45, 2.75) is 27.2 Å². The van der Waals surface area contributed by atoms with E-state index in [1.165, 1.54) is 0 Å². The quantitative estimate of drug-likeness (QED) is 0.553. The Labute approximate surface area is 97.3 Å². The summed E-state index contributed by atoms with van der Waals surface area (Å²) in [6.45, 7) is 10.2. The molecule has 0 rings (SSSR count). The summed E-state index contributed by atoms with van der Waals surface area (Å²) in [7, 11) is 0. The maximum atomic E-state index is 9.49.